The molecule has 2 nitrogen and oxygen atoms in total. The summed E-state index contributed by atoms with van der Waals surface area (Å²) in [7, 11) is 0. The quantitative estimate of drug-likeness (QED) is 0.156. The molecule has 0 aromatic heterocycles. The molecule has 10 aromatic rings. The molecule has 1 aliphatic heterocycles. The number of benzene rings is 10. The van der Waals surface area contributed by atoms with Crippen LogP contribution in [-0.4, -0.2) is 0 Å². The lowest BCUT2D eigenvalue weighted by atomic mass is 9.73. The molecule has 0 aliphatic carbocycles. The minimum atomic E-state index is -0.301. The van der Waals surface area contributed by atoms with Gasteiger partial charge in [0.25, 0.3) is 0 Å². The van der Waals surface area contributed by atoms with E-state index in [-0.39, 0.29) is 5.41 Å². The van der Waals surface area contributed by atoms with Gasteiger partial charge < -0.3 is 9.80 Å². The summed E-state index contributed by atoms with van der Waals surface area (Å²) >= 11 is 0. The van der Waals surface area contributed by atoms with Gasteiger partial charge in [-0.15, -0.1) is 0 Å². The zero-order chi connectivity index (χ0) is 39.5. The van der Waals surface area contributed by atoms with Crippen LogP contribution in [0.3, 0.4) is 0 Å². The number of hydrogen-bond acceptors (Lipinski definition) is 2. The molecule has 2 heteroatoms. The molecule has 0 atom stereocenters. The highest BCUT2D eigenvalue weighted by molar-refractivity contribution is 6.15. The topological polar surface area (TPSA) is 6.48 Å². The summed E-state index contributed by atoms with van der Waals surface area (Å²) in [5.74, 6) is 0. The van der Waals surface area contributed by atoms with Crippen LogP contribution in [0.25, 0.3) is 54.6 Å². The summed E-state index contributed by atoms with van der Waals surface area (Å²) in [5.41, 5.74) is 14.0. The molecule has 0 amide bonds. The number of rotatable bonds is 6. The average Bonchev–Trinajstić information content (AvgIpc) is 3.30. The molecular formula is C57H42N2. The fraction of sp³-hybridized carbons (Fsp3) is 0.0526. The normalized spacial score (nSPS) is 13.0. The van der Waals surface area contributed by atoms with Crippen molar-refractivity contribution in [3.8, 4) is 22.3 Å². The van der Waals surface area contributed by atoms with E-state index in [1.807, 2.05) is 0 Å². The average molecular weight is 755 g/mol. The lowest BCUT2D eigenvalue weighted by molar-refractivity contribution is 0.632. The molecule has 0 N–H and O–H groups in total. The minimum Gasteiger partial charge on any atom is -0.310 e. The van der Waals surface area contributed by atoms with Crippen molar-refractivity contribution in [1.82, 2.24) is 0 Å². The minimum absolute atomic E-state index is 0.301. The molecule has 0 fully saturated rings. The Hall–Kier alpha value is -7.42. The van der Waals surface area contributed by atoms with Gasteiger partial charge in [-0.3, -0.25) is 0 Å². The van der Waals surface area contributed by atoms with Crippen molar-refractivity contribution < 1.29 is 0 Å². The van der Waals surface area contributed by atoms with Crippen LogP contribution in [0.5, 0.6) is 0 Å². The maximum atomic E-state index is 2.54. The molecular weight excluding hydrogens is 713 g/mol. The van der Waals surface area contributed by atoms with Crippen LogP contribution in [0, 0.1) is 0 Å². The van der Waals surface area contributed by atoms with E-state index in [4.69, 9.17) is 0 Å². The molecule has 11 rings (SSSR count). The predicted molar refractivity (Wildman–Crippen MR) is 251 cm³/mol. The van der Waals surface area contributed by atoms with E-state index >= 15 is 0 Å². The van der Waals surface area contributed by atoms with Gasteiger partial charge >= 0.3 is 0 Å². The first kappa shape index (κ1) is 34.8. The van der Waals surface area contributed by atoms with Crippen LogP contribution >= 0.6 is 0 Å². The van der Waals surface area contributed by atoms with Crippen molar-refractivity contribution in [2.75, 3.05) is 9.80 Å². The molecule has 0 spiro atoms. The van der Waals surface area contributed by atoms with Gasteiger partial charge in [-0.25, -0.2) is 0 Å². The molecule has 1 aliphatic rings. The maximum Gasteiger partial charge on any atom is 0.0618 e. The molecule has 0 bridgehead atoms. The third-order valence-corrected chi connectivity index (χ3v) is 12.4. The van der Waals surface area contributed by atoms with E-state index in [1.165, 1.54) is 82.8 Å². The zero-order valence-corrected chi connectivity index (χ0v) is 33.2. The summed E-state index contributed by atoms with van der Waals surface area (Å²) in [6, 6.07) is 80.1. The Labute approximate surface area is 345 Å². The Morgan fingerprint density at radius 1 is 0.373 bits per heavy atom. The molecule has 0 saturated carbocycles. The predicted octanol–water partition coefficient (Wildman–Crippen LogP) is 16.1. The fourth-order valence-corrected chi connectivity index (χ4v) is 9.50. The van der Waals surface area contributed by atoms with Gasteiger partial charge in [0.2, 0.25) is 0 Å². The highest BCUT2D eigenvalue weighted by atomic mass is 15.2. The third kappa shape index (κ3) is 5.71. The van der Waals surface area contributed by atoms with Gasteiger partial charge in [0.1, 0.15) is 0 Å². The first-order valence-corrected chi connectivity index (χ1v) is 20.5. The Balaban J connectivity index is 1.18. The Kier molecular flexibility index (Phi) is 8.20. The van der Waals surface area contributed by atoms with Gasteiger partial charge in [-0.1, -0.05) is 190 Å². The molecule has 0 unspecified atom stereocenters. The molecule has 0 saturated heterocycles. The van der Waals surface area contributed by atoms with E-state index in [2.05, 4.69) is 242 Å². The molecule has 280 valence electrons. The van der Waals surface area contributed by atoms with E-state index in [1.54, 1.807) is 0 Å². The van der Waals surface area contributed by atoms with Crippen molar-refractivity contribution in [3.05, 3.63) is 230 Å². The summed E-state index contributed by atoms with van der Waals surface area (Å²) in [6.07, 6.45) is 0. The second kappa shape index (κ2) is 13.9. The maximum absolute atomic E-state index is 2.54. The second-order valence-electron chi connectivity index (χ2n) is 16.1. The van der Waals surface area contributed by atoms with Gasteiger partial charge in [0.05, 0.1) is 22.7 Å². The number of hydrogen-bond donors (Lipinski definition) is 0. The number of nitrogens with zero attached hydrogens (tertiary/aromatic N) is 2. The van der Waals surface area contributed by atoms with Crippen molar-refractivity contribution in [1.29, 1.82) is 0 Å². The van der Waals surface area contributed by atoms with Crippen LogP contribution in [0.1, 0.15) is 25.0 Å². The van der Waals surface area contributed by atoms with E-state index in [9.17, 15) is 0 Å². The summed E-state index contributed by atoms with van der Waals surface area (Å²) in [5, 5.41) is 7.38. The summed E-state index contributed by atoms with van der Waals surface area (Å²) < 4.78 is 0. The van der Waals surface area contributed by atoms with Crippen molar-refractivity contribution in [2.24, 2.45) is 0 Å². The fourth-order valence-electron chi connectivity index (χ4n) is 9.50. The SMILES string of the molecule is CC1(C)c2ccccc2N(c2c(-c3ccccc3)ccc3ccccc23)c2ccc(N(c3ccc(-c4ccccc4)cc3)c3cc4ccccc4c4ccccc34)cc21. The largest absolute Gasteiger partial charge is 0.310 e. The lowest BCUT2D eigenvalue weighted by Crippen LogP contribution is -2.31. The first-order valence-electron chi connectivity index (χ1n) is 20.5. The highest BCUT2D eigenvalue weighted by Gasteiger charge is 2.38. The van der Waals surface area contributed by atoms with Gasteiger partial charge in [-0.2, -0.15) is 0 Å². The van der Waals surface area contributed by atoms with E-state index < -0.39 is 0 Å². The number of para-hydroxylation sites is 1. The highest BCUT2D eigenvalue weighted by Crippen LogP contribution is 2.56. The van der Waals surface area contributed by atoms with Crippen molar-refractivity contribution in [2.45, 2.75) is 19.3 Å². The monoisotopic (exact) mass is 754 g/mol. The van der Waals surface area contributed by atoms with Crippen LogP contribution in [0.15, 0.2) is 218 Å². The second-order valence-corrected chi connectivity index (χ2v) is 16.1. The number of anilines is 6. The zero-order valence-electron chi connectivity index (χ0n) is 33.2. The van der Waals surface area contributed by atoms with E-state index in [0.717, 1.165) is 17.1 Å². The van der Waals surface area contributed by atoms with Crippen LogP contribution in [-0.2, 0) is 5.41 Å². The smallest absolute Gasteiger partial charge is 0.0618 e. The Morgan fingerprint density at radius 3 is 1.69 bits per heavy atom. The van der Waals surface area contributed by atoms with E-state index in [0.29, 0.717) is 0 Å². The summed E-state index contributed by atoms with van der Waals surface area (Å²) in [6.45, 7) is 4.77. The lowest BCUT2D eigenvalue weighted by Gasteiger charge is -2.43. The van der Waals surface area contributed by atoms with Gasteiger partial charge in [-0.05, 0) is 91.8 Å². The number of fused-ring (bicyclic) bond motifs is 6. The molecule has 59 heavy (non-hydrogen) atoms. The first-order chi connectivity index (χ1) is 29.0. The van der Waals surface area contributed by atoms with Crippen LogP contribution < -0.4 is 9.80 Å². The molecule has 10 aromatic carbocycles. The third-order valence-electron chi connectivity index (χ3n) is 12.4. The van der Waals surface area contributed by atoms with Gasteiger partial charge in [0, 0.05) is 33.1 Å². The Morgan fingerprint density at radius 2 is 0.932 bits per heavy atom. The Bertz CT molecular complexity index is 3180. The molecule has 0 radical (unpaired) electrons. The van der Waals surface area contributed by atoms with Crippen molar-refractivity contribution >= 4 is 66.4 Å². The molecule has 1 heterocycles. The summed E-state index contributed by atoms with van der Waals surface area (Å²) in [4.78, 5) is 5.01. The van der Waals surface area contributed by atoms with Crippen LogP contribution in [0.4, 0.5) is 34.1 Å². The van der Waals surface area contributed by atoms with Crippen LogP contribution in [0.2, 0.25) is 0 Å². The standard InChI is InChI=1S/C57H42N2/c1-57(2)51-27-15-16-28-53(51)59(56-47-24-12-9-21-42(47)31-35-48(56)41-19-7-4-8-20-41)54-36-34-45(38-52(54)57)58(44-32-29-40(30-33-44)39-17-5-3-6-18-39)55-37-43-22-10-11-23-46(43)49-25-13-14-26-50(49)55/h3-38H,1-2H3. The van der Waals surface area contributed by atoms with Gasteiger partial charge in [0.15, 0.2) is 0 Å². The van der Waals surface area contributed by atoms with Crippen molar-refractivity contribution in [3.63, 3.8) is 0 Å².